The Morgan fingerprint density at radius 1 is 1.03 bits per heavy atom. The largest absolute Gasteiger partial charge is 0.379 e. The smallest absolute Gasteiger partial charge is 0.252 e. The van der Waals surface area contributed by atoms with E-state index >= 15 is 0 Å². The van der Waals surface area contributed by atoms with E-state index in [2.05, 4.69) is 62.4 Å². The van der Waals surface area contributed by atoms with Gasteiger partial charge >= 0.3 is 0 Å². The van der Waals surface area contributed by atoms with E-state index in [0.717, 1.165) is 67.2 Å². The monoisotopic (exact) mass is 487 g/mol. The van der Waals surface area contributed by atoms with Gasteiger partial charge in [0.2, 0.25) is 0 Å². The minimum atomic E-state index is -0.0500. The Balaban J connectivity index is 1.38. The van der Waals surface area contributed by atoms with Crippen molar-refractivity contribution in [2.75, 3.05) is 39.4 Å². The number of hydrogen-bond donors (Lipinski definition) is 1. The van der Waals surface area contributed by atoms with Crippen molar-refractivity contribution in [2.24, 2.45) is 0 Å². The van der Waals surface area contributed by atoms with E-state index in [9.17, 15) is 4.79 Å². The molecule has 0 bridgehead atoms. The summed E-state index contributed by atoms with van der Waals surface area (Å²) in [6.45, 7) is 10.9. The Hall–Kier alpha value is -3.40. The molecule has 0 radical (unpaired) electrons. The Bertz CT molecular complexity index is 1360. The van der Waals surface area contributed by atoms with Gasteiger partial charge in [-0.2, -0.15) is 0 Å². The zero-order valence-corrected chi connectivity index (χ0v) is 21.0. The summed E-state index contributed by atoms with van der Waals surface area (Å²) in [6, 6.07) is 16.4. The second kappa shape index (κ2) is 11.1. The van der Waals surface area contributed by atoms with Crippen molar-refractivity contribution in [2.45, 2.75) is 33.5 Å². The first-order chi connectivity index (χ1) is 17.5. The number of pyridine rings is 1. The summed E-state index contributed by atoms with van der Waals surface area (Å²) in [7, 11) is 0. The molecule has 1 N–H and O–H groups in total. The first-order valence-corrected chi connectivity index (χ1v) is 12.5. The van der Waals surface area contributed by atoms with Crippen LogP contribution in [-0.4, -0.2) is 74.4 Å². The number of nitrogens with one attached hydrogen (secondary N) is 1. The van der Waals surface area contributed by atoms with Crippen molar-refractivity contribution in [3.63, 3.8) is 0 Å². The summed E-state index contributed by atoms with van der Waals surface area (Å²) >= 11 is 0. The molecule has 0 atom stereocenters. The fourth-order valence-corrected chi connectivity index (χ4v) is 4.62. The molecule has 4 aromatic rings. The minimum absolute atomic E-state index is 0.0500. The average molecular weight is 488 g/mol. The van der Waals surface area contributed by atoms with Gasteiger partial charge in [-0.25, -0.2) is 4.68 Å². The molecule has 5 rings (SSSR count). The van der Waals surface area contributed by atoms with Crippen LogP contribution in [0.5, 0.6) is 0 Å². The maximum atomic E-state index is 13.0. The molecule has 188 valence electrons. The number of ether oxygens (including phenoxy) is 1. The van der Waals surface area contributed by atoms with Gasteiger partial charge in [-0.15, -0.1) is 5.10 Å². The lowest BCUT2D eigenvalue weighted by Crippen LogP contribution is -2.41. The third-order valence-electron chi connectivity index (χ3n) is 6.91. The summed E-state index contributed by atoms with van der Waals surface area (Å²) < 4.78 is 7.34. The predicted molar refractivity (Wildman–Crippen MR) is 139 cm³/mol. The van der Waals surface area contributed by atoms with Gasteiger partial charge in [0.1, 0.15) is 0 Å². The third kappa shape index (κ3) is 5.87. The third-order valence-corrected chi connectivity index (χ3v) is 6.91. The molecule has 1 aliphatic heterocycles. The highest BCUT2D eigenvalue weighted by molar-refractivity contribution is 5.80. The average Bonchev–Trinajstić information content (AvgIpc) is 3.31. The standard InChI is InChI=1S/C27H33N7O2/c1-20-14-23-16-24(27(35)28-25(23)15-21(20)2)18-33(9-8-32-10-12-36-13-11-32)19-26-29-30-31-34(26)17-22-6-4-3-5-7-22/h3-7,14-16H,8-13,17-19H2,1-2H3,(H,28,35). The van der Waals surface area contributed by atoms with E-state index < -0.39 is 0 Å². The highest BCUT2D eigenvalue weighted by atomic mass is 16.5. The van der Waals surface area contributed by atoms with Crippen LogP contribution in [0, 0.1) is 13.8 Å². The minimum Gasteiger partial charge on any atom is -0.379 e. The van der Waals surface area contributed by atoms with Crippen LogP contribution in [-0.2, 0) is 24.4 Å². The molecule has 2 aromatic heterocycles. The number of tetrazole rings is 1. The predicted octanol–water partition coefficient (Wildman–Crippen LogP) is 2.51. The normalized spacial score (nSPS) is 14.6. The molecule has 9 nitrogen and oxygen atoms in total. The molecule has 3 heterocycles. The highest BCUT2D eigenvalue weighted by Gasteiger charge is 2.18. The number of aromatic nitrogens is 5. The molecule has 0 spiro atoms. The number of aryl methyl sites for hydroxylation is 2. The highest BCUT2D eigenvalue weighted by Crippen LogP contribution is 2.18. The number of rotatable bonds is 9. The van der Waals surface area contributed by atoms with Crippen LogP contribution in [0.25, 0.3) is 10.9 Å². The van der Waals surface area contributed by atoms with E-state index in [1.807, 2.05) is 35.0 Å². The topological polar surface area (TPSA) is 92.2 Å². The van der Waals surface area contributed by atoms with Crippen molar-refractivity contribution < 1.29 is 4.74 Å². The maximum absolute atomic E-state index is 13.0. The molecule has 0 unspecified atom stereocenters. The second-order valence-electron chi connectivity index (χ2n) is 9.55. The van der Waals surface area contributed by atoms with Crippen molar-refractivity contribution in [1.82, 2.24) is 35.0 Å². The van der Waals surface area contributed by atoms with Gasteiger partial charge in [-0.3, -0.25) is 14.6 Å². The lowest BCUT2D eigenvalue weighted by atomic mass is 10.0. The maximum Gasteiger partial charge on any atom is 0.252 e. The van der Waals surface area contributed by atoms with E-state index in [1.54, 1.807) is 0 Å². The van der Waals surface area contributed by atoms with Gasteiger partial charge < -0.3 is 9.72 Å². The first kappa shape index (κ1) is 24.3. The van der Waals surface area contributed by atoms with Crippen LogP contribution in [0.1, 0.15) is 28.1 Å². The molecule has 9 heteroatoms. The number of hydrogen-bond acceptors (Lipinski definition) is 7. The molecular formula is C27H33N7O2. The van der Waals surface area contributed by atoms with Gasteiger partial charge in [0, 0.05) is 43.8 Å². The second-order valence-corrected chi connectivity index (χ2v) is 9.55. The number of H-pyrrole nitrogens is 1. The number of fused-ring (bicyclic) bond motifs is 1. The van der Waals surface area contributed by atoms with Crippen molar-refractivity contribution in [1.29, 1.82) is 0 Å². The Morgan fingerprint density at radius 2 is 1.81 bits per heavy atom. The molecule has 1 fully saturated rings. The van der Waals surface area contributed by atoms with Gasteiger partial charge in [0.25, 0.3) is 5.56 Å². The molecule has 0 aliphatic carbocycles. The zero-order chi connectivity index (χ0) is 24.9. The van der Waals surface area contributed by atoms with Crippen molar-refractivity contribution >= 4 is 10.9 Å². The first-order valence-electron chi connectivity index (χ1n) is 12.5. The lowest BCUT2D eigenvalue weighted by Gasteiger charge is -2.29. The number of morpholine rings is 1. The summed E-state index contributed by atoms with van der Waals surface area (Å²) in [5.74, 6) is 0.782. The molecule has 1 aliphatic rings. The van der Waals surface area contributed by atoms with Crippen LogP contribution >= 0.6 is 0 Å². The fraction of sp³-hybridized carbons (Fsp3) is 0.407. The summed E-state index contributed by atoms with van der Waals surface area (Å²) in [5, 5.41) is 13.6. The van der Waals surface area contributed by atoms with Crippen molar-refractivity contribution in [3.05, 3.63) is 87.0 Å². The van der Waals surface area contributed by atoms with Gasteiger partial charge in [-0.05, 0) is 64.5 Å². The van der Waals surface area contributed by atoms with Crippen LogP contribution in [0.4, 0.5) is 0 Å². The summed E-state index contributed by atoms with van der Waals surface area (Å²) in [4.78, 5) is 20.8. The fourth-order valence-electron chi connectivity index (χ4n) is 4.62. The summed E-state index contributed by atoms with van der Waals surface area (Å²) in [6.07, 6.45) is 0. The zero-order valence-electron chi connectivity index (χ0n) is 21.0. The van der Waals surface area contributed by atoms with E-state index in [4.69, 9.17) is 4.74 Å². The number of nitrogens with zero attached hydrogens (tertiary/aromatic N) is 6. The van der Waals surface area contributed by atoms with Crippen LogP contribution < -0.4 is 5.56 Å². The van der Waals surface area contributed by atoms with E-state index in [1.165, 1.54) is 11.1 Å². The molecule has 1 saturated heterocycles. The Morgan fingerprint density at radius 3 is 2.61 bits per heavy atom. The molecular weight excluding hydrogens is 454 g/mol. The Kier molecular flexibility index (Phi) is 7.50. The number of benzene rings is 2. The Labute approximate surface area is 210 Å². The van der Waals surface area contributed by atoms with E-state index in [-0.39, 0.29) is 5.56 Å². The molecule has 0 amide bonds. The van der Waals surface area contributed by atoms with Crippen LogP contribution in [0.15, 0.2) is 53.3 Å². The number of aromatic amines is 1. The van der Waals surface area contributed by atoms with E-state index in [0.29, 0.717) is 19.6 Å². The van der Waals surface area contributed by atoms with Gasteiger partial charge in [-0.1, -0.05) is 30.3 Å². The molecule has 0 saturated carbocycles. The van der Waals surface area contributed by atoms with Crippen molar-refractivity contribution in [3.8, 4) is 0 Å². The lowest BCUT2D eigenvalue weighted by molar-refractivity contribution is 0.0322. The quantitative estimate of drug-likeness (QED) is 0.388. The molecule has 36 heavy (non-hydrogen) atoms. The molecule has 2 aromatic carbocycles. The summed E-state index contributed by atoms with van der Waals surface area (Å²) in [5.41, 5.74) is 5.09. The van der Waals surface area contributed by atoms with Gasteiger partial charge in [0.05, 0.1) is 26.3 Å². The van der Waals surface area contributed by atoms with Crippen LogP contribution in [0.3, 0.4) is 0 Å². The van der Waals surface area contributed by atoms with Gasteiger partial charge in [0.15, 0.2) is 5.82 Å². The SMILES string of the molecule is Cc1cc2cc(CN(CCN3CCOCC3)Cc3nnnn3Cc3ccccc3)c(=O)[nH]c2cc1C. The van der Waals surface area contributed by atoms with Crippen LogP contribution in [0.2, 0.25) is 0 Å².